The van der Waals surface area contributed by atoms with Gasteiger partial charge in [0.2, 0.25) is 6.29 Å². The first kappa shape index (κ1) is 20.4. The number of rotatable bonds is 5. The van der Waals surface area contributed by atoms with E-state index in [2.05, 4.69) is 0 Å². The Labute approximate surface area is 159 Å². The minimum absolute atomic E-state index is 0.0572. The van der Waals surface area contributed by atoms with Crippen LogP contribution in [0.2, 0.25) is 0 Å². The van der Waals surface area contributed by atoms with Gasteiger partial charge in [0, 0.05) is 6.07 Å². The molecule has 5 N–H and O–H groups in total. The van der Waals surface area contributed by atoms with Crippen molar-refractivity contribution in [2.45, 2.75) is 50.7 Å². The van der Waals surface area contributed by atoms with E-state index in [0.29, 0.717) is 5.75 Å². The summed E-state index contributed by atoms with van der Waals surface area (Å²) in [5, 5.41) is 49.4. The lowest BCUT2D eigenvalue weighted by Gasteiger charge is -2.39. The van der Waals surface area contributed by atoms with E-state index in [-0.39, 0.29) is 17.1 Å². The average molecular weight is 398 g/mol. The van der Waals surface area contributed by atoms with Gasteiger partial charge in [-0.05, 0) is 26.0 Å². The highest BCUT2D eigenvalue weighted by atomic mass is 16.7. The lowest BCUT2D eigenvalue weighted by atomic mass is 9.99. The molecule has 10 heteroatoms. The molecule has 0 saturated carbocycles. The van der Waals surface area contributed by atoms with Crippen LogP contribution < -0.4 is 15.1 Å². The first-order valence-corrected chi connectivity index (χ1v) is 8.66. The Morgan fingerprint density at radius 1 is 1.14 bits per heavy atom. The van der Waals surface area contributed by atoms with Crippen molar-refractivity contribution in [1.82, 2.24) is 0 Å². The Hall–Kier alpha value is -2.37. The van der Waals surface area contributed by atoms with E-state index in [4.69, 9.17) is 18.6 Å². The molecule has 0 aliphatic carbocycles. The zero-order valence-electron chi connectivity index (χ0n) is 15.2. The van der Waals surface area contributed by atoms with Crippen molar-refractivity contribution in [2.75, 3.05) is 6.61 Å². The normalized spacial score (nSPS) is 27.9. The van der Waals surface area contributed by atoms with E-state index in [9.17, 15) is 30.3 Å². The number of aliphatic hydroxyl groups excluding tert-OH is 4. The minimum Gasteiger partial charge on any atom is -0.504 e. The summed E-state index contributed by atoms with van der Waals surface area (Å²) in [4.78, 5) is 12.3. The second-order valence-electron chi connectivity index (χ2n) is 6.71. The lowest BCUT2D eigenvalue weighted by molar-refractivity contribution is -0.278. The van der Waals surface area contributed by atoms with Crippen LogP contribution in [0.15, 0.2) is 27.4 Å². The van der Waals surface area contributed by atoms with E-state index in [1.807, 2.05) is 13.8 Å². The van der Waals surface area contributed by atoms with Crippen LogP contribution in [0.5, 0.6) is 17.2 Å². The van der Waals surface area contributed by atoms with Crippen LogP contribution in [0.3, 0.4) is 0 Å². The van der Waals surface area contributed by atoms with Gasteiger partial charge in [-0.15, -0.1) is 0 Å². The van der Waals surface area contributed by atoms with Gasteiger partial charge in [-0.25, -0.2) is 4.79 Å². The zero-order valence-corrected chi connectivity index (χ0v) is 15.2. The van der Waals surface area contributed by atoms with Crippen molar-refractivity contribution in [1.29, 1.82) is 0 Å². The Balaban J connectivity index is 1.94. The third kappa shape index (κ3) is 3.77. The van der Waals surface area contributed by atoms with Gasteiger partial charge >= 0.3 is 5.63 Å². The fraction of sp³-hybridized carbons (Fsp3) is 0.500. The number of aliphatic hydroxyl groups is 4. The molecule has 0 amide bonds. The van der Waals surface area contributed by atoms with Crippen molar-refractivity contribution < 1.29 is 44.2 Å². The van der Waals surface area contributed by atoms with Gasteiger partial charge in [0.15, 0.2) is 5.75 Å². The molecule has 0 bridgehead atoms. The number of fused-ring (bicyclic) bond motifs is 1. The summed E-state index contributed by atoms with van der Waals surface area (Å²) >= 11 is 0. The molecule has 1 fully saturated rings. The van der Waals surface area contributed by atoms with E-state index < -0.39 is 54.4 Å². The lowest BCUT2D eigenvalue weighted by Crippen LogP contribution is -2.60. The smallest absolute Gasteiger partial charge is 0.383 e. The number of benzene rings is 1. The maximum atomic E-state index is 12.3. The first-order valence-electron chi connectivity index (χ1n) is 8.66. The highest BCUT2D eigenvalue weighted by Gasteiger charge is 2.45. The second-order valence-corrected chi connectivity index (χ2v) is 6.71. The van der Waals surface area contributed by atoms with Gasteiger partial charge in [-0.1, -0.05) is 0 Å². The fourth-order valence-corrected chi connectivity index (χ4v) is 2.88. The molecule has 28 heavy (non-hydrogen) atoms. The standard InChI is InChI=1S/C18H22O10/c1-7(2)25-8-3-4-9-10(5-8)26-17(24)16(12(9)20)28-18-15(23)14(22)13(21)11(6-19)27-18/h3-5,7,11,13-15,18-23H,6H2,1-2H3/t11-,13-,14+,15+,18-/m1/s1. The number of aromatic hydroxyl groups is 1. The summed E-state index contributed by atoms with van der Waals surface area (Å²) in [6.45, 7) is 2.99. The van der Waals surface area contributed by atoms with Gasteiger partial charge in [-0.2, -0.15) is 0 Å². The van der Waals surface area contributed by atoms with Crippen LogP contribution in [0.4, 0.5) is 0 Å². The second kappa shape index (κ2) is 7.94. The monoisotopic (exact) mass is 398 g/mol. The molecule has 1 aliphatic heterocycles. The van der Waals surface area contributed by atoms with E-state index in [1.54, 1.807) is 6.07 Å². The van der Waals surface area contributed by atoms with Crippen LogP contribution in [0.25, 0.3) is 11.0 Å². The molecule has 2 heterocycles. The molecule has 1 aromatic heterocycles. The molecule has 154 valence electrons. The predicted molar refractivity (Wildman–Crippen MR) is 94.3 cm³/mol. The SMILES string of the molecule is CC(C)Oc1ccc2c(O)c(O[C@H]3O[C@H](CO)[C@@H](O)[C@H](O)[C@@H]3O)c(=O)oc2c1. The predicted octanol–water partition coefficient (Wildman–Crippen LogP) is -0.536. The molecule has 0 radical (unpaired) electrons. The Morgan fingerprint density at radius 2 is 1.86 bits per heavy atom. The summed E-state index contributed by atoms with van der Waals surface area (Å²) in [7, 11) is 0. The Morgan fingerprint density at radius 3 is 2.50 bits per heavy atom. The van der Waals surface area contributed by atoms with Gasteiger partial charge in [-0.3, -0.25) is 0 Å². The molecular weight excluding hydrogens is 376 g/mol. The maximum Gasteiger partial charge on any atom is 0.383 e. The van der Waals surface area contributed by atoms with Gasteiger partial charge in [0.1, 0.15) is 35.7 Å². The van der Waals surface area contributed by atoms with Crippen LogP contribution in [-0.2, 0) is 4.74 Å². The van der Waals surface area contributed by atoms with E-state index >= 15 is 0 Å². The van der Waals surface area contributed by atoms with Gasteiger partial charge < -0.3 is 44.2 Å². The average Bonchev–Trinajstić information content (AvgIpc) is 2.64. The van der Waals surface area contributed by atoms with Crippen molar-refractivity contribution in [3.63, 3.8) is 0 Å². The van der Waals surface area contributed by atoms with Crippen LogP contribution in [0.1, 0.15) is 13.8 Å². The molecule has 1 aliphatic rings. The largest absolute Gasteiger partial charge is 0.504 e. The van der Waals surface area contributed by atoms with Crippen molar-refractivity contribution >= 4 is 11.0 Å². The number of hydrogen-bond donors (Lipinski definition) is 5. The summed E-state index contributed by atoms with van der Waals surface area (Å²) in [5.74, 6) is -0.763. The van der Waals surface area contributed by atoms with E-state index in [0.717, 1.165) is 0 Å². The van der Waals surface area contributed by atoms with Gasteiger partial charge in [0.25, 0.3) is 5.75 Å². The molecule has 1 saturated heterocycles. The Bertz CT molecular complexity index is 890. The van der Waals surface area contributed by atoms with Crippen molar-refractivity contribution in [2.24, 2.45) is 0 Å². The zero-order chi connectivity index (χ0) is 20.6. The number of ether oxygens (including phenoxy) is 3. The maximum absolute atomic E-state index is 12.3. The summed E-state index contributed by atoms with van der Waals surface area (Å²) in [6, 6.07) is 4.47. The minimum atomic E-state index is -1.74. The third-order valence-corrected chi connectivity index (χ3v) is 4.27. The van der Waals surface area contributed by atoms with E-state index in [1.165, 1.54) is 12.1 Å². The molecule has 0 spiro atoms. The van der Waals surface area contributed by atoms with Crippen molar-refractivity contribution in [3.05, 3.63) is 28.6 Å². The van der Waals surface area contributed by atoms with Crippen molar-refractivity contribution in [3.8, 4) is 17.2 Å². The molecule has 0 unspecified atom stereocenters. The fourth-order valence-electron chi connectivity index (χ4n) is 2.88. The highest BCUT2D eigenvalue weighted by molar-refractivity contribution is 5.86. The molecule has 3 rings (SSSR count). The molecule has 10 nitrogen and oxygen atoms in total. The molecule has 5 atom stereocenters. The summed E-state index contributed by atoms with van der Waals surface area (Å²) in [5.41, 5.74) is -0.995. The molecular formula is C18H22O10. The summed E-state index contributed by atoms with van der Waals surface area (Å²) in [6.07, 6.45) is -7.98. The van der Waals surface area contributed by atoms with Gasteiger partial charge in [0.05, 0.1) is 18.1 Å². The van der Waals surface area contributed by atoms with Crippen LogP contribution in [-0.4, -0.2) is 68.9 Å². The topological polar surface area (TPSA) is 159 Å². The quantitative estimate of drug-likeness (QED) is 0.414. The number of hydrogen-bond acceptors (Lipinski definition) is 10. The Kier molecular flexibility index (Phi) is 5.77. The van der Waals surface area contributed by atoms with Crippen LogP contribution in [0, 0.1) is 0 Å². The molecule has 1 aromatic carbocycles. The highest BCUT2D eigenvalue weighted by Crippen LogP contribution is 2.35. The van der Waals surface area contributed by atoms with Crippen LogP contribution >= 0.6 is 0 Å². The summed E-state index contributed by atoms with van der Waals surface area (Å²) < 4.78 is 21.1. The third-order valence-electron chi connectivity index (χ3n) is 4.27. The molecule has 2 aromatic rings. The first-order chi connectivity index (χ1) is 13.2.